The zero-order chi connectivity index (χ0) is 17.2. The first-order valence-electron chi connectivity index (χ1n) is 8.09. The molecule has 5 nitrogen and oxygen atoms in total. The molecule has 4 rings (SSSR count). The number of pyridine rings is 1. The van der Waals surface area contributed by atoms with E-state index in [2.05, 4.69) is 16.0 Å². The fraction of sp³-hybridized carbons (Fsp3) is 0.211. The van der Waals surface area contributed by atoms with Gasteiger partial charge < -0.3 is 9.64 Å². The van der Waals surface area contributed by atoms with Crippen molar-refractivity contribution in [3.05, 3.63) is 64.8 Å². The van der Waals surface area contributed by atoms with E-state index >= 15 is 0 Å². The number of thiazole rings is 1. The number of rotatable bonds is 2. The van der Waals surface area contributed by atoms with E-state index in [4.69, 9.17) is 4.74 Å². The Balaban J connectivity index is 1.58. The lowest BCUT2D eigenvalue weighted by Crippen LogP contribution is -2.31. The number of amides is 1. The van der Waals surface area contributed by atoms with Crippen molar-refractivity contribution in [2.24, 2.45) is 0 Å². The third-order valence-corrected chi connectivity index (χ3v) is 5.09. The minimum absolute atomic E-state index is 0.0161. The van der Waals surface area contributed by atoms with Crippen molar-refractivity contribution < 1.29 is 9.53 Å². The van der Waals surface area contributed by atoms with Crippen LogP contribution in [0, 0.1) is 6.92 Å². The molecule has 1 aliphatic rings. The Bertz CT molecular complexity index is 908. The van der Waals surface area contributed by atoms with Crippen molar-refractivity contribution in [3.63, 3.8) is 0 Å². The van der Waals surface area contributed by atoms with Crippen LogP contribution >= 0.6 is 11.3 Å². The summed E-state index contributed by atoms with van der Waals surface area (Å²) in [4.78, 5) is 24.0. The van der Waals surface area contributed by atoms with E-state index in [1.807, 2.05) is 42.2 Å². The molecule has 25 heavy (non-hydrogen) atoms. The van der Waals surface area contributed by atoms with Crippen LogP contribution in [0.2, 0.25) is 0 Å². The minimum atomic E-state index is -0.0161. The molecule has 0 N–H and O–H groups in total. The number of carbonyl (C=O) groups excluding carboxylic acids is 1. The Labute approximate surface area is 149 Å². The van der Waals surface area contributed by atoms with Crippen molar-refractivity contribution in [2.45, 2.75) is 13.5 Å². The highest BCUT2D eigenvalue weighted by Gasteiger charge is 2.23. The summed E-state index contributed by atoms with van der Waals surface area (Å²) < 4.78 is 5.78. The molecule has 3 heterocycles. The summed E-state index contributed by atoms with van der Waals surface area (Å²) in [6, 6.07) is 11.7. The smallest absolute Gasteiger partial charge is 0.266 e. The lowest BCUT2D eigenvalue weighted by atomic mass is 10.1. The second kappa shape index (κ2) is 6.64. The van der Waals surface area contributed by atoms with E-state index in [9.17, 15) is 4.79 Å². The first kappa shape index (κ1) is 15.8. The van der Waals surface area contributed by atoms with Crippen LogP contribution in [0.5, 0.6) is 5.75 Å². The highest BCUT2D eigenvalue weighted by Crippen LogP contribution is 2.27. The van der Waals surface area contributed by atoms with E-state index in [1.165, 1.54) is 11.3 Å². The summed E-state index contributed by atoms with van der Waals surface area (Å²) in [5, 5.41) is 0.756. The third-order valence-electron chi connectivity index (χ3n) is 4.08. The van der Waals surface area contributed by atoms with Gasteiger partial charge in [-0.15, -0.1) is 11.3 Å². The number of fused-ring (bicyclic) bond motifs is 1. The number of nitrogens with zero attached hydrogens (tertiary/aromatic N) is 3. The maximum Gasteiger partial charge on any atom is 0.266 e. The monoisotopic (exact) mass is 351 g/mol. The SMILES string of the molecule is Cc1ccc2c(c1)CN(C(=O)c1cnc(-c3ccccn3)s1)CCO2. The first-order chi connectivity index (χ1) is 12.2. The molecule has 0 bridgehead atoms. The number of hydrogen-bond donors (Lipinski definition) is 0. The molecule has 0 fully saturated rings. The van der Waals surface area contributed by atoms with Crippen LogP contribution in [0.25, 0.3) is 10.7 Å². The standard InChI is InChI=1S/C19H17N3O2S/c1-13-5-6-16-14(10-13)12-22(8-9-24-16)19(23)17-11-21-18(25-17)15-4-2-3-7-20-15/h2-7,10-11H,8-9,12H2,1H3. The highest BCUT2D eigenvalue weighted by molar-refractivity contribution is 7.16. The average Bonchev–Trinajstić information content (AvgIpc) is 3.03. The normalized spacial score (nSPS) is 13.7. The van der Waals surface area contributed by atoms with Gasteiger partial charge in [-0.05, 0) is 25.1 Å². The van der Waals surface area contributed by atoms with Gasteiger partial charge in [-0.1, -0.05) is 23.8 Å². The summed E-state index contributed by atoms with van der Waals surface area (Å²) in [6.45, 7) is 3.64. The van der Waals surface area contributed by atoms with E-state index in [0.29, 0.717) is 24.6 Å². The number of benzene rings is 1. The molecule has 0 saturated heterocycles. The Hall–Kier alpha value is -2.73. The largest absolute Gasteiger partial charge is 0.491 e. The first-order valence-corrected chi connectivity index (χ1v) is 8.91. The molecular weight excluding hydrogens is 334 g/mol. The maximum absolute atomic E-state index is 12.9. The van der Waals surface area contributed by atoms with Crippen molar-refractivity contribution in [1.82, 2.24) is 14.9 Å². The van der Waals surface area contributed by atoms with Crippen molar-refractivity contribution >= 4 is 17.2 Å². The second-order valence-corrected chi connectivity index (χ2v) is 6.96. The third kappa shape index (κ3) is 3.25. The Morgan fingerprint density at radius 3 is 3.00 bits per heavy atom. The fourth-order valence-corrected chi connectivity index (χ4v) is 3.69. The highest BCUT2D eigenvalue weighted by atomic mass is 32.1. The molecule has 0 saturated carbocycles. The lowest BCUT2D eigenvalue weighted by molar-refractivity contribution is 0.0738. The quantitative estimate of drug-likeness (QED) is 0.708. The summed E-state index contributed by atoms with van der Waals surface area (Å²) in [5.74, 6) is 0.844. The van der Waals surface area contributed by atoms with E-state index < -0.39 is 0 Å². The molecule has 0 radical (unpaired) electrons. The van der Waals surface area contributed by atoms with Gasteiger partial charge in [0, 0.05) is 18.3 Å². The minimum Gasteiger partial charge on any atom is -0.491 e. The Kier molecular flexibility index (Phi) is 4.19. The Morgan fingerprint density at radius 2 is 2.16 bits per heavy atom. The number of carbonyl (C=O) groups is 1. The van der Waals surface area contributed by atoms with Gasteiger partial charge in [0.15, 0.2) is 0 Å². The maximum atomic E-state index is 12.9. The molecule has 0 atom stereocenters. The molecule has 126 valence electrons. The van der Waals surface area contributed by atoms with E-state index in [1.54, 1.807) is 12.4 Å². The topological polar surface area (TPSA) is 55.3 Å². The summed E-state index contributed by atoms with van der Waals surface area (Å²) in [7, 11) is 0. The molecule has 2 aromatic heterocycles. The molecule has 0 unspecified atom stereocenters. The van der Waals surface area contributed by atoms with Gasteiger partial charge in [-0.2, -0.15) is 0 Å². The van der Waals surface area contributed by atoms with Gasteiger partial charge in [0.05, 0.1) is 18.4 Å². The van der Waals surface area contributed by atoms with E-state index in [-0.39, 0.29) is 5.91 Å². The van der Waals surface area contributed by atoms with Gasteiger partial charge >= 0.3 is 0 Å². The molecule has 3 aromatic rings. The van der Waals surface area contributed by atoms with Crippen molar-refractivity contribution in [2.75, 3.05) is 13.2 Å². The zero-order valence-corrected chi connectivity index (χ0v) is 14.6. The molecule has 0 spiro atoms. The van der Waals surface area contributed by atoms with Gasteiger partial charge in [0.25, 0.3) is 5.91 Å². The van der Waals surface area contributed by atoms with Gasteiger partial charge in [0.1, 0.15) is 22.2 Å². The second-order valence-electron chi connectivity index (χ2n) is 5.93. The van der Waals surface area contributed by atoms with Crippen LogP contribution < -0.4 is 4.74 Å². The predicted octanol–water partition coefficient (Wildman–Crippen LogP) is 3.55. The molecule has 0 aliphatic carbocycles. The van der Waals surface area contributed by atoms with Gasteiger partial charge in [-0.3, -0.25) is 9.78 Å². The number of aromatic nitrogens is 2. The summed E-state index contributed by atoms with van der Waals surface area (Å²) in [5.41, 5.74) is 2.99. The molecule has 6 heteroatoms. The van der Waals surface area contributed by atoms with Crippen LogP contribution in [-0.4, -0.2) is 33.9 Å². The van der Waals surface area contributed by atoms with Crippen LogP contribution in [0.1, 0.15) is 20.8 Å². The molecule has 1 aliphatic heterocycles. The van der Waals surface area contributed by atoms with Gasteiger partial charge in [0.2, 0.25) is 0 Å². The lowest BCUT2D eigenvalue weighted by Gasteiger charge is -2.18. The number of ether oxygens (including phenoxy) is 1. The van der Waals surface area contributed by atoms with Crippen LogP contribution in [0.15, 0.2) is 48.8 Å². The zero-order valence-electron chi connectivity index (χ0n) is 13.8. The summed E-state index contributed by atoms with van der Waals surface area (Å²) >= 11 is 1.37. The van der Waals surface area contributed by atoms with Crippen LogP contribution in [-0.2, 0) is 6.54 Å². The van der Waals surface area contributed by atoms with Crippen molar-refractivity contribution in [3.8, 4) is 16.5 Å². The van der Waals surface area contributed by atoms with Crippen molar-refractivity contribution in [1.29, 1.82) is 0 Å². The molecular formula is C19H17N3O2S. The predicted molar refractivity (Wildman–Crippen MR) is 96.8 cm³/mol. The van der Waals surface area contributed by atoms with Gasteiger partial charge in [-0.25, -0.2) is 4.98 Å². The van der Waals surface area contributed by atoms with E-state index in [0.717, 1.165) is 27.6 Å². The number of hydrogen-bond acceptors (Lipinski definition) is 5. The van der Waals surface area contributed by atoms with Crippen LogP contribution in [0.3, 0.4) is 0 Å². The molecule has 1 aromatic carbocycles. The summed E-state index contributed by atoms with van der Waals surface area (Å²) in [6.07, 6.45) is 3.36. The molecule has 1 amide bonds. The fourth-order valence-electron chi connectivity index (χ4n) is 2.83. The van der Waals surface area contributed by atoms with Crippen LogP contribution in [0.4, 0.5) is 0 Å². The number of aryl methyl sites for hydroxylation is 1. The average molecular weight is 351 g/mol. The Morgan fingerprint density at radius 1 is 1.24 bits per heavy atom.